The molecule has 2 aromatic rings. The second-order valence-electron chi connectivity index (χ2n) is 5.90. The molecule has 0 bridgehead atoms. The summed E-state index contributed by atoms with van der Waals surface area (Å²) in [6.45, 7) is 0.336. The average Bonchev–Trinajstić information content (AvgIpc) is 2.59. The minimum absolute atomic E-state index is 0.0806. The smallest absolute Gasteiger partial charge is 0.228 e. The third-order valence-electron chi connectivity index (χ3n) is 4.39. The summed E-state index contributed by atoms with van der Waals surface area (Å²) in [7, 11) is 1.72. The van der Waals surface area contributed by atoms with E-state index in [1.807, 2.05) is 24.3 Å². The van der Waals surface area contributed by atoms with Gasteiger partial charge in [0.05, 0.1) is 5.92 Å². The van der Waals surface area contributed by atoms with Crippen molar-refractivity contribution in [3.63, 3.8) is 0 Å². The van der Waals surface area contributed by atoms with Crippen LogP contribution in [0.1, 0.15) is 23.5 Å². The van der Waals surface area contributed by atoms with Crippen LogP contribution in [0.2, 0.25) is 0 Å². The third-order valence-corrected chi connectivity index (χ3v) is 4.39. The SMILES string of the molecule is CN1C(=O)CC(C(=O)NCCc2ccccc2F)c2ccccc21. The summed E-state index contributed by atoms with van der Waals surface area (Å²) in [5.41, 5.74) is 2.18. The van der Waals surface area contributed by atoms with E-state index in [0.717, 1.165) is 11.3 Å². The Labute approximate surface area is 140 Å². The highest BCUT2D eigenvalue weighted by Gasteiger charge is 2.33. The van der Waals surface area contributed by atoms with Crippen molar-refractivity contribution in [2.45, 2.75) is 18.8 Å². The number of amides is 2. The lowest BCUT2D eigenvalue weighted by Crippen LogP contribution is -2.39. The Morgan fingerprint density at radius 1 is 1.21 bits per heavy atom. The van der Waals surface area contributed by atoms with Crippen LogP contribution in [-0.4, -0.2) is 25.4 Å². The highest BCUT2D eigenvalue weighted by Crippen LogP contribution is 2.35. The lowest BCUT2D eigenvalue weighted by atomic mass is 9.89. The van der Waals surface area contributed by atoms with Gasteiger partial charge in [-0.05, 0) is 29.7 Å². The molecule has 124 valence electrons. The number of nitrogens with zero attached hydrogens (tertiary/aromatic N) is 1. The lowest BCUT2D eigenvalue weighted by molar-refractivity contribution is -0.127. The highest BCUT2D eigenvalue weighted by atomic mass is 19.1. The average molecular weight is 326 g/mol. The number of para-hydroxylation sites is 1. The van der Waals surface area contributed by atoms with Crippen LogP contribution in [-0.2, 0) is 16.0 Å². The van der Waals surface area contributed by atoms with Gasteiger partial charge in [0.25, 0.3) is 0 Å². The second kappa shape index (κ2) is 6.83. The lowest BCUT2D eigenvalue weighted by Gasteiger charge is -2.30. The molecule has 1 N–H and O–H groups in total. The van der Waals surface area contributed by atoms with Crippen molar-refractivity contribution in [1.82, 2.24) is 5.32 Å². The number of carbonyl (C=O) groups excluding carboxylic acids is 2. The molecule has 0 saturated carbocycles. The summed E-state index contributed by atoms with van der Waals surface area (Å²) >= 11 is 0. The van der Waals surface area contributed by atoms with E-state index < -0.39 is 5.92 Å². The molecule has 5 heteroatoms. The van der Waals surface area contributed by atoms with Gasteiger partial charge in [-0.2, -0.15) is 0 Å². The molecule has 1 aliphatic rings. The normalized spacial score (nSPS) is 16.7. The number of hydrogen-bond donors (Lipinski definition) is 1. The maximum absolute atomic E-state index is 13.6. The molecule has 0 fully saturated rings. The fraction of sp³-hybridized carbons (Fsp3) is 0.263. The molecule has 1 atom stereocenters. The number of fused-ring (bicyclic) bond motifs is 1. The maximum Gasteiger partial charge on any atom is 0.228 e. The highest BCUT2D eigenvalue weighted by molar-refractivity contribution is 6.02. The zero-order valence-electron chi connectivity index (χ0n) is 13.5. The first-order valence-electron chi connectivity index (χ1n) is 7.94. The number of nitrogens with one attached hydrogen (secondary N) is 1. The fourth-order valence-corrected chi connectivity index (χ4v) is 3.02. The van der Waals surface area contributed by atoms with Crippen LogP contribution in [0, 0.1) is 5.82 Å². The van der Waals surface area contributed by atoms with Gasteiger partial charge in [0.15, 0.2) is 0 Å². The van der Waals surface area contributed by atoms with Crippen LogP contribution in [0.25, 0.3) is 0 Å². The van der Waals surface area contributed by atoms with Gasteiger partial charge in [0, 0.05) is 25.7 Å². The van der Waals surface area contributed by atoms with E-state index in [1.165, 1.54) is 6.07 Å². The monoisotopic (exact) mass is 326 g/mol. The predicted octanol–water partition coefficient (Wildman–Crippen LogP) is 2.63. The number of halogens is 1. The quantitative estimate of drug-likeness (QED) is 0.939. The molecular weight excluding hydrogens is 307 g/mol. The molecule has 2 amide bonds. The number of hydrogen-bond acceptors (Lipinski definition) is 2. The van der Waals surface area contributed by atoms with Crippen molar-refractivity contribution in [1.29, 1.82) is 0 Å². The molecule has 24 heavy (non-hydrogen) atoms. The maximum atomic E-state index is 13.6. The summed E-state index contributed by atoms with van der Waals surface area (Å²) in [5, 5.41) is 2.83. The number of anilines is 1. The van der Waals surface area contributed by atoms with Crippen LogP contribution in [0.3, 0.4) is 0 Å². The second-order valence-corrected chi connectivity index (χ2v) is 5.90. The van der Waals surface area contributed by atoms with Gasteiger partial charge >= 0.3 is 0 Å². The minimum atomic E-state index is -0.495. The minimum Gasteiger partial charge on any atom is -0.355 e. The Morgan fingerprint density at radius 2 is 1.92 bits per heavy atom. The predicted molar refractivity (Wildman–Crippen MR) is 90.3 cm³/mol. The number of rotatable bonds is 4. The van der Waals surface area contributed by atoms with Gasteiger partial charge in [0.1, 0.15) is 5.82 Å². The first-order valence-corrected chi connectivity index (χ1v) is 7.94. The van der Waals surface area contributed by atoms with Crippen LogP contribution < -0.4 is 10.2 Å². The summed E-state index contributed by atoms with van der Waals surface area (Å²) in [6, 6.07) is 13.9. The summed E-state index contributed by atoms with van der Waals surface area (Å²) in [4.78, 5) is 26.2. The van der Waals surface area contributed by atoms with Crippen molar-refractivity contribution in [3.8, 4) is 0 Å². The molecule has 0 radical (unpaired) electrons. The molecule has 0 aliphatic carbocycles. The van der Waals surface area contributed by atoms with Gasteiger partial charge in [-0.15, -0.1) is 0 Å². The van der Waals surface area contributed by atoms with Crippen molar-refractivity contribution in [2.75, 3.05) is 18.5 Å². The molecule has 1 heterocycles. The Balaban J connectivity index is 1.68. The van der Waals surface area contributed by atoms with E-state index in [4.69, 9.17) is 0 Å². The molecule has 1 unspecified atom stereocenters. The van der Waals surface area contributed by atoms with Gasteiger partial charge in [-0.3, -0.25) is 9.59 Å². The first kappa shape index (κ1) is 16.2. The van der Waals surface area contributed by atoms with Crippen molar-refractivity contribution in [3.05, 3.63) is 65.5 Å². The topological polar surface area (TPSA) is 49.4 Å². The Hall–Kier alpha value is -2.69. The van der Waals surface area contributed by atoms with Crippen molar-refractivity contribution < 1.29 is 14.0 Å². The molecule has 4 nitrogen and oxygen atoms in total. The third kappa shape index (κ3) is 3.15. The van der Waals surface area contributed by atoms with Crippen LogP contribution in [0.4, 0.5) is 10.1 Å². The van der Waals surface area contributed by atoms with E-state index in [2.05, 4.69) is 5.32 Å². The Kier molecular flexibility index (Phi) is 4.60. The fourth-order valence-electron chi connectivity index (χ4n) is 3.02. The van der Waals surface area contributed by atoms with E-state index in [0.29, 0.717) is 18.5 Å². The van der Waals surface area contributed by atoms with Crippen molar-refractivity contribution in [2.24, 2.45) is 0 Å². The molecule has 2 aromatic carbocycles. The zero-order chi connectivity index (χ0) is 17.1. The molecule has 0 aromatic heterocycles. The molecular formula is C19H19FN2O2. The van der Waals surface area contributed by atoms with E-state index >= 15 is 0 Å². The number of carbonyl (C=O) groups is 2. The molecule has 0 saturated heterocycles. The van der Waals surface area contributed by atoms with Crippen LogP contribution in [0.15, 0.2) is 48.5 Å². The van der Waals surface area contributed by atoms with Crippen LogP contribution in [0.5, 0.6) is 0 Å². The van der Waals surface area contributed by atoms with Crippen LogP contribution >= 0.6 is 0 Å². The van der Waals surface area contributed by atoms with Gasteiger partial charge < -0.3 is 10.2 Å². The van der Waals surface area contributed by atoms with E-state index in [-0.39, 0.29) is 24.1 Å². The molecule has 3 rings (SSSR count). The van der Waals surface area contributed by atoms with Crippen molar-refractivity contribution >= 4 is 17.5 Å². The molecule has 1 aliphatic heterocycles. The van der Waals surface area contributed by atoms with E-state index in [9.17, 15) is 14.0 Å². The summed E-state index contributed by atoms with van der Waals surface area (Å²) in [6.07, 6.45) is 0.569. The Morgan fingerprint density at radius 3 is 2.71 bits per heavy atom. The number of benzene rings is 2. The molecule has 0 spiro atoms. The Bertz CT molecular complexity index is 775. The largest absolute Gasteiger partial charge is 0.355 e. The van der Waals surface area contributed by atoms with Gasteiger partial charge in [0.2, 0.25) is 11.8 Å². The first-order chi connectivity index (χ1) is 11.6. The van der Waals surface area contributed by atoms with Gasteiger partial charge in [-0.25, -0.2) is 4.39 Å². The standard InChI is InChI=1S/C19H19FN2O2/c1-22-17-9-5-3-7-14(17)15(12-18(22)23)19(24)21-11-10-13-6-2-4-8-16(13)20/h2-9,15H,10-12H2,1H3,(H,21,24). The van der Waals surface area contributed by atoms with Gasteiger partial charge in [-0.1, -0.05) is 36.4 Å². The summed E-state index contributed by atoms with van der Waals surface area (Å²) in [5.74, 6) is -1.04. The summed E-state index contributed by atoms with van der Waals surface area (Å²) < 4.78 is 13.6. The zero-order valence-corrected chi connectivity index (χ0v) is 13.5. The van der Waals surface area contributed by atoms with E-state index in [1.54, 1.807) is 30.1 Å².